The van der Waals surface area contributed by atoms with Gasteiger partial charge in [-0.1, -0.05) is 48.5 Å². The monoisotopic (exact) mass is 754 g/mol. The Balaban J connectivity index is 0.913. The third-order valence-corrected chi connectivity index (χ3v) is 19.4. The van der Waals surface area contributed by atoms with E-state index in [9.17, 15) is 9.90 Å². The fourth-order valence-electron chi connectivity index (χ4n) is 15.9. The summed E-state index contributed by atoms with van der Waals surface area (Å²) in [6, 6.07) is 0. The molecule has 1 N–H and O–H groups in total. The first-order chi connectivity index (χ1) is 25.4. The molecule has 306 valence electrons. The van der Waals surface area contributed by atoms with Crippen LogP contribution in [0, 0.1) is 62.6 Å². The van der Waals surface area contributed by atoms with E-state index in [0.29, 0.717) is 40.4 Å². The summed E-state index contributed by atoms with van der Waals surface area (Å²) in [6.45, 7) is 28.1. The number of hydrogen-bond acceptors (Lipinski definition) is 8. The van der Waals surface area contributed by atoms with Crippen LogP contribution in [-0.2, 0) is 18.9 Å². The highest BCUT2D eigenvalue weighted by Gasteiger charge is 2.84. The Labute approximate surface area is 326 Å². The van der Waals surface area contributed by atoms with E-state index in [2.05, 4.69) is 79.2 Å². The standard InChI is InChI=1S/C45H75N3O6/c1-27(2)36(54-39(50)47-18-11-19-47)30-22-28(3)35-37(52-30)38(49)43(9)32-13-12-31-40(4,5)33(14-15-44(31)26-45(32,44)17-16-42(35,43)8)53-34-25-48(20-21-51-34)41(6,7)29-23-46(10)24-29/h27-38,49H,11-26H2,1-10H3/t28-,30-,31+,32+,33?,34+,35+,36-,37+,38+,42-,43-,44-,45+/m1/s1. The van der Waals surface area contributed by atoms with E-state index >= 15 is 0 Å². The maximum Gasteiger partial charge on any atom is 0.410 e. The van der Waals surface area contributed by atoms with E-state index in [1.807, 2.05) is 4.90 Å². The molecule has 0 bridgehead atoms. The zero-order valence-corrected chi connectivity index (χ0v) is 35.6. The van der Waals surface area contributed by atoms with E-state index in [0.717, 1.165) is 52.0 Å². The van der Waals surface area contributed by atoms with Crippen molar-refractivity contribution in [2.24, 2.45) is 62.6 Å². The molecule has 0 aromatic rings. The number of aliphatic hydroxyl groups is 1. The quantitative estimate of drug-likeness (QED) is 0.297. The number of hydrogen-bond donors (Lipinski definition) is 1. The molecule has 9 rings (SSSR count). The Morgan fingerprint density at radius 1 is 0.944 bits per heavy atom. The average Bonchev–Trinajstić information content (AvgIpc) is 3.71. The summed E-state index contributed by atoms with van der Waals surface area (Å²) in [5.41, 5.74) is 0.666. The normalized spacial score (nSPS) is 49.4. The molecule has 5 saturated carbocycles. The topological polar surface area (TPSA) is 83.9 Å². The molecule has 0 aromatic carbocycles. The molecule has 5 aliphatic carbocycles. The third kappa shape index (κ3) is 5.18. The van der Waals surface area contributed by atoms with E-state index in [-0.39, 0.29) is 64.5 Å². The van der Waals surface area contributed by atoms with Gasteiger partial charge in [0.25, 0.3) is 0 Å². The van der Waals surface area contributed by atoms with Gasteiger partial charge in [0, 0.05) is 49.6 Å². The second-order valence-corrected chi connectivity index (χ2v) is 22.4. The first kappa shape index (κ1) is 38.5. The van der Waals surface area contributed by atoms with Crippen molar-refractivity contribution >= 4 is 6.09 Å². The van der Waals surface area contributed by atoms with Crippen LogP contribution in [-0.4, -0.2) is 121 Å². The summed E-state index contributed by atoms with van der Waals surface area (Å²) in [4.78, 5) is 19.9. The lowest BCUT2D eigenvalue weighted by molar-refractivity contribution is -0.256. The second-order valence-electron chi connectivity index (χ2n) is 22.4. The van der Waals surface area contributed by atoms with Crippen LogP contribution in [0.1, 0.15) is 120 Å². The highest BCUT2D eigenvalue weighted by Crippen LogP contribution is 2.89. The van der Waals surface area contributed by atoms with Crippen molar-refractivity contribution in [2.75, 3.05) is 52.9 Å². The molecule has 1 unspecified atom stereocenters. The molecule has 9 fully saturated rings. The van der Waals surface area contributed by atoms with Crippen molar-refractivity contribution in [1.82, 2.24) is 14.7 Å². The molecule has 4 aliphatic heterocycles. The van der Waals surface area contributed by atoms with Gasteiger partial charge >= 0.3 is 6.09 Å². The van der Waals surface area contributed by atoms with Gasteiger partial charge in [0.1, 0.15) is 6.10 Å². The molecule has 54 heavy (non-hydrogen) atoms. The maximum atomic E-state index is 13.0. The maximum absolute atomic E-state index is 13.0. The number of amides is 1. The summed E-state index contributed by atoms with van der Waals surface area (Å²) in [5.74, 6) is 2.67. The molecule has 0 aromatic heterocycles. The van der Waals surface area contributed by atoms with Crippen LogP contribution in [0.25, 0.3) is 0 Å². The number of carbonyl (C=O) groups excluding carboxylic acids is 1. The summed E-state index contributed by atoms with van der Waals surface area (Å²) >= 11 is 0. The van der Waals surface area contributed by atoms with Crippen molar-refractivity contribution in [3.63, 3.8) is 0 Å². The lowest BCUT2D eigenvalue weighted by Crippen LogP contribution is -2.64. The number of carbonyl (C=O) groups is 1. The lowest BCUT2D eigenvalue weighted by atomic mass is 9.41. The SMILES string of the molecule is CC(C)[C@@H](OC(=O)N1CCC1)[C@H]1C[C@@H](C)[C@H]2[C@H](O1)[C@H](O)[C@@]1(C)[C@@H]3CC[C@H]4C(C)(C)C(O[C@H]5CN(C(C)(C)C6CN(C)C6)CCO5)CC[C@@]45C[C@@]35CC[C@]21C. The fourth-order valence-corrected chi connectivity index (χ4v) is 15.9. The zero-order chi connectivity index (χ0) is 38.4. The van der Waals surface area contributed by atoms with Crippen molar-refractivity contribution in [2.45, 2.75) is 162 Å². The van der Waals surface area contributed by atoms with E-state index in [1.165, 1.54) is 51.6 Å². The van der Waals surface area contributed by atoms with Crippen LogP contribution in [0.5, 0.6) is 0 Å². The first-order valence-corrected chi connectivity index (χ1v) is 22.4. The molecule has 0 radical (unpaired) electrons. The highest BCUT2D eigenvalue weighted by atomic mass is 16.7. The van der Waals surface area contributed by atoms with Crippen molar-refractivity contribution < 1.29 is 28.8 Å². The van der Waals surface area contributed by atoms with Gasteiger partial charge in [-0.2, -0.15) is 0 Å². The Hall–Kier alpha value is -0.970. The fraction of sp³-hybridized carbons (Fsp3) is 0.978. The minimum atomic E-state index is -0.517. The molecule has 14 atom stereocenters. The molecule has 9 heteroatoms. The van der Waals surface area contributed by atoms with Gasteiger partial charge < -0.3 is 33.9 Å². The van der Waals surface area contributed by atoms with Gasteiger partial charge in [-0.25, -0.2) is 4.79 Å². The van der Waals surface area contributed by atoms with Gasteiger partial charge in [-0.15, -0.1) is 0 Å². The molecule has 1 amide bonds. The Morgan fingerprint density at radius 2 is 1.65 bits per heavy atom. The Kier molecular flexibility index (Phi) is 9.11. The lowest BCUT2D eigenvalue weighted by Gasteiger charge is -2.64. The number of aliphatic hydroxyl groups excluding tert-OH is 1. The molecule has 4 heterocycles. The Morgan fingerprint density at radius 3 is 2.31 bits per heavy atom. The van der Waals surface area contributed by atoms with Crippen LogP contribution in [0.3, 0.4) is 0 Å². The predicted molar refractivity (Wildman–Crippen MR) is 209 cm³/mol. The third-order valence-electron chi connectivity index (χ3n) is 19.4. The summed E-state index contributed by atoms with van der Waals surface area (Å²) < 4.78 is 26.8. The molecular weight excluding hydrogens is 679 g/mol. The molecule has 9 nitrogen and oxygen atoms in total. The minimum absolute atomic E-state index is 0.0122. The number of likely N-dealkylation sites (tertiary alicyclic amines) is 2. The van der Waals surface area contributed by atoms with Crippen LogP contribution in [0.15, 0.2) is 0 Å². The van der Waals surface area contributed by atoms with E-state index < -0.39 is 6.10 Å². The van der Waals surface area contributed by atoms with Gasteiger partial charge in [-0.3, -0.25) is 4.90 Å². The number of ether oxygens (including phenoxy) is 4. The number of rotatable bonds is 7. The van der Waals surface area contributed by atoms with Crippen LogP contribution < -0.4 is 0 Å². The van der Waals surface area contributed by atoms with Crippen LogP contribution >= 0.6 is 0 Å². The van der Waals surface area contributed by atoms with E-state index in [4.69, 9.17) is 18.9 Å². The van der Waals surface area contributed by atoms with Crippen molar-refractivity contribution in [3.8, 4) is 0 Å². The van der Waals surface area contributed by atoms with Crippen LogP contribution in [0.2, 0.25) is 0 Å². The summed E-state index contributed by atoms with van der Waals surface area (Å²) in [7, 11) is 2.23. The van der Waals surface area contributed by atoms with Gasteiger partial charge in [0.15, 0.2) is 6.29 Å². The Bertz CT molecular complexity index is 1460. The van der Waals surface area contributed by atoms with Gasteiger partial charge in [-0.05, 0) is 130 Å². The average molecular weight is 754 g/mol. The van der Waals surface area contributed by atoms with E-state index in [1.54, 1.807) is 0 Å². The predicted octanol–water partition coefficient (Wildman–Crippen LogP) is 7.05. The molecule has 2 spiro atoms. The zero-order valence-electron chi connectivity index (χ0n) is 35.6. The highest BCUT2D eigenvalue weighted by molar-refractivity contribution is 5.68. The summed E-state index contributed by atoms with van der Waals surface area (Å²) in [5, 5.41) is 12.8. The summed E-state index contributed by atoms with van der Waals surface area (Å²) in [6.07, 6.45) is 9.05. The molecular formula is C45H75N3O6. The van der Waals surface area contributed by atoms with Crippen molar-refractivity contribution in [3.05, 3.63) is 0 Å². The smallest absolute Gasteiger partial charge is 0.410 e. The second kappa shape index (κ2) is 12.8. The number of nitrogens with zero attached hydrogens (tertiary/aromatic N) is 3. The number of morpholine rings is 1. The van der Waals surface area contributed by atoms with Crippen LogP contribution in [0.4, 0.5) is 4.79 Å². The largest absolute Gasteiger partial charge is 0.443 e. The molecule has 9 aliphatic rings. The molecule has 4 saturated heterocycles. The minimum Gasteiger partial charge on any atom is -0.443 e. The first-order valence-electron chi connectivity index (χ1n) is 22.4. The number of fused-ring (bicyclic) bond motifs is 4. The van der Waals surface area contributed by atoms with Gasteiger partial charge in [0.05, 0.1) is 37.6 Å². The van der Waals surface area contributed by atoms with Gasteiger partial charge in [0.2, 0.25) is 0 Å². The van der Waals surface area contributed by atoms with Crippen molar-refractivity contribution in [1.29, 1.82) is 0 Å².